The van der Waals surface area contributed by atoms with Gasteiger partial charge in [-0.05, 0) is 50.0 Å². The highest BCUT2D eigenvalue weighted by Gasteiger charge is 1.94. The Morgan fingerprint density at radius 3 is 2.35 bits per heavy atom. The molecule has 1 nitrogen and oxygen atoms in total. The third-order valence-electron chi connectivity index (χ3n) is 2.94. The van der Waals surface area contributed by atoms with Crippen LogP contribution in [0.2, 0.25) is 0 Å². The molecule has 0 aromatic heterocycles. The van der Waals surface area contributed by atoms with Crippen molar-refractivity contribution in [3.63, 3.8) is 0 Å². The molecule has 2 heteroatoms. The number of halogens is 1. The lowest BCUT2D eigenvalue weighted by Gasteiger charge is -2.04. The van der Waals surface area contributed by atoms with Crippen molar-refractivity contribution < 1.29 is 4.39 Å². The predicted octanol–water partition coefficient (Wildman–Crippen LogP) is 3.93. The molecule has 0 fully saturated rings. The molecule has 0 spiro atoms. The SMILES string of the molecule is CCCCCCNCCCc1ccc(F)cc1. The fourth-order valence-corrected chi connectivity index (χ4v) is 1.87. The van der Waals surface area contributed by atoms with Crippen LogP contribution in [0.3, 0.4) is 0 Å². The van der Waals surface area contributed by atoms with E-state index in [0.29, 0.717) is 0 Å². The van der Waals surface area contributed by atoms with Crippen LogP contribution in [0.4, 0.5) is 4.39 Å². The maximum absolute atomic E-state index is 12.7. The number of hydrogen-bond donors (Lipinski definition) is 1. The Kier molecular flexibility index (Phi) is 7.65. The smallest absolute Gasteiger partial charge is 0.123 e. The van der Waals surface area contributed by atoms with Crippen molar-refractivity contribution in [1.29, 1.82) is 0 Å². The zero-order chi connectivity index (χ0) is 12.3. The van der Waals surface area contributed by atoms with Gasteiger partial charge >= 0.3 is 0 Å². The molecule has 0 atom stereocenters. The Labute approximate surface area is 104 Å². The van der Waals surface area contributed by atoms with Gasteiger partial charge in [0, 0.05) is 0 Å². The summed E-state index contributed by atoms with van der Waals surface area (Å²) in [5.41, 5.74) is 1.22. The van der Waals surface area contributed by atoms with E-state index in [1.54, 1.807) is 0 Å². The molecular formula is C15H24FN. The first-order chi connectivity index (χ1) is 8.33. The second-order valence-electron chi connectivity index (χ2n) is 4.54. The molecule has 0 unspecified atom stereocenters. The van der Waals surface area contributed by atoms with Gasteiger partial charge in [0.05, 0.1) is 0 Å². The Bertz CT molecular complexity index is 281. The van der Waals surface area contributed by atoms with Gasteiger partial charge in [-0.2, -0.15) is 0 Å². The van der Waals surface area contributed by atoms with Crippen LogP contribution in [0.25, 0.3) is 0 Å². The Morgan fingerprint density at radius 1 is 0.941 bits per heavy atom. The van der Waals surface area contributed by atoms with Gasteiger partial charge in [0.25, 0.3) is 0 Å². The molecule has 17 heavy (non-hydrogen) atoms. The molecule has 0 aliphatic heterocycles. The maximum Gasteiger partial charge on any atom is 0.123 e. The Hall–Kier alpha value is -0.890. The highest BCUT2D eigenvalue weighted by molar-refractivity contribution is 5.15. The standard InChI is InChI=1S/C15H24FN/c1-2-3-4-5-12-17-13-6-7-14-8-10-15(16)11-9-14/h8-11,17H,2-7,12-13H2,1H3. The first-order valence-corrected chi connectivity index (χ1v) is 6.78. The summed E-state index contributed by atoms with van der Waals surface area (Å²) in [6, 6.07) is 6.81. The number of hydrogen-bond acceptors (Lipinski definition) is 1. The Balaban J connectivity index is 1.95. The van der Waals surface area contributed by atoms with Crippen LogP contribution in [0.5, 0.6) is 0 Å². The zero-order valence-corrected chi connectivity index (χ0v) is 10.8. The van der Waals surface area contributed by atoms with E-state index in [0.717, 1.165) is 25.9 Å². The zero-order valence-electron chi connectivity index (χ0n) is 10.8. The summed E-state index contributed by atoms with van der Waals surface area (Å²) in [5, 5.41) is 3.45. The molecule has 0 heterocycles. The first kappa shape index (κ1) is 14.2. The maximum atomic E-state index is 12.7. The molecule has 0 aliphatic carbocycles. The van der Waals surface area contributed by atoms with Crippen molar-refractivity contribution >= 4 is 0 Å². The summed E-state index contributed by atoms with van der Waals surface area (Å²) >= 11 is 0. The van der Waals surface area contributed by atoms with Crippen LogP contribution < -0.4 is 5.32 Å². The largest absolute Gasteiger partial charge is 0.317 e. The molecule has 1 aromatic rings. The highest BCUT2D eigenvalue weighted by atomic mass is 19.1. The number of benzene rings is 1. The predicted molar refractivity (Wildman–Crippen MR) is 71.7 cm³/mol. The highest BCUT2D eigenvalue weighted by Crippen LogP contribution is 2.05. The summed E-state index contributed by atoms with van der Waals surface area (Å²) in [6.45, 7) is 4.42. The third-order valence-corrected chi connectivity index (χ3v) is 2.94. The summed E-state index contributed by atoms with van der Waals surface area (Å²) in [4.78, 5) is 0. The average molecular weight is 237 g/mol. The molecular weight excluding hydrogens is 213 g/mol. The number of aryl methyl sites for hydroxylation is 1. The minimum atomic E-state index is -0.150. The molecule has 0 amide bonds. The molecule has 0 saturated carbocycles. The minimum absolute atomic E-state index is 0.150. The molecule has 0 radical (unpaired) electrons. The lowest BCUT2D eigenvalue weighted by atomic mass is 10.1. The van der Waals surface area contributed by atoms with E-state index >= 15 is 0 Å². The monoisotopic (exact) mass is 237 g/mol. The van der Waals surface area contributed by atoms with Gasteiger partial charge in [0.2, 0.25) is 0 Å². The van der Waals surface area contributed by atoms with Crippen LogP contribution in [0.15, 0.2) is 24.3 Å². The quantitative estimate of drug-likeness (QED) is 0.642. The van der Waals surface area contributed by atoms with Crippen LogP contribution in [0.1, 0.15) is 44.6 Å². The van der Waals surface area contributed by atoms with Crippen LogP contribution in [-0.4, -0.2) is 13.1 Å². The second kappa shape index (κ2) is 9.17. The normalized spacial score (nSPS) is 10.7. The summed E-state index contributed by atoms with van der Waals surface area (Å²) in [7, 11) is 0. The van der Waals surface area contributed by atoms with Gasteiger partial charge in [-0.1, -0.05) is 38.3 Å². The molecule has 96 valence electrons. The average Bonchev–Trinajstić information content (AvgIpc) is 2.35. The lowest BCUT2D eigenvalue weighted by molar-refractivity contribution is 0.585. The summed E-state index contributed by atoms with van der Waals surface area (Å²) in [5.74, 6) is -0.150. The molecule has 0 aliphatic rings. The van der Waals surface area contributed by atoms with E-state index in [9.17, 15) is 4.39 Å². The van der Waals surface area contributed by atoms with Crippen molar-refractivity contribution in [2.75, 3.05) is 13.1 Å². The van der Waals surface area contributed by atoms with E-state index < -0.39 is 0 Å². The van der Waals surface area contributed by atoms with Crippen LogP contribution >= 0.6 is 0 Å². The fraction of sp³-hybridized carbons (Fsp3) is 0.600. The summed E-state index contributed by atoms with van der Waals surface area (Å²) in [6.07, 6.45) is 7.41. The van der Waals surface area contributed by atoms with E-state index in [4.69, 9.17) is 0 Å². The molecule has 1 rings (SSSR count). The molecule has 1 N–H and O–H groups in total. The van der Waals surface area contributed by atoms with Gasteiger partial charge in [-0.3, -0.25) is 0 Å². The first-order valence-electron chi connectivity index (χ1n) is 6.78. The van der Waals surface area contributed by atoms with Crippen molar-refractivity contribution in [2.24, 2.45) is 0 Å². The number of unbranched alkanes of at least 4 members (excludes halogenated alkanes) is 3. The van der Waals surface area contributed by atoms with Gasteiger partial charge in [-0.15, -0.1) is 0 Å². The fourth-order valence-electron chi connectivity index (χ4n) is 1.87. The topological polar surface area (TPSA) is 12.0 Å². The van der Waals surface area contributed by atoms with Gasteiger partial charge in [0.15, 0.2) is 0 Å². The molecule has 0 saturated heterocycles. The van der Waals surface area contributed by atoms with Gasteiger partial charge in [-0.25, -0.2) is 4.39 Å². The number of rotatable bonds is 9. The Morgan fingerprint density at radius 2 is 1.65 bits per heavy atom. The van der Waals surface area contributed by atoms with Crippen molar-refractivity contribution in [1.82, 2.24) is 5.32 Å². The van der Waals surface area contributed by atoms with E-state index in [2.05, 4.69) is 12.2 Å². The van der Waals surface area contributed by atoms with Crippen LogP contribution in [0, 0.1) is 5.82 Å². The second-order valence-corrected chi connectivity index (χ2v) is 4.54. The lowest BCUT2D eigenvalue weighted by Crippen LogP contribution is -2.17. The third kappa shape index (κ3) is 7.11. The van der Waals surface area contributed by atoms with Crippen molar-refractivity contribution in [3.05, 3.63) is 35.6 Å². The van der Waals surface area contributed by atoms with E-state index in [-0.39, 0.29) is 5.82 Å². The van der Waals surface area contributed by atoms with Gasteiger partial charge in [0.1, 0.15) is 5.82 Å². The van der Waals surface area contributed by atoms with Crippen molar-refractivity contribution in [2.45, 2.75) is 45.4 Å². The van der Waals surface area contributed by atoms with Gasteiger partial charge < -0.3 is 5.32 Å². The molecule has 1 aromatic carbocycles. The minimum Gasteiger partial charge on any atom is -0.317 e. The van der Waals surface area contributed by atoms with E-state index in [1.807, 2.05) is 12.1 Å². The van der Waals surface area contributed by atoms with Crippen molar-refractivity contribution in [3.8, 4) is 0 Å². The number of nitrogens with one attached hydrogen (secondary N) is 1. The molecule has 0 bridgehead atoms. The van der Waals surface area contributed by atoms with E-state index in [1.165, 1.54) is 43.4 Å². The van der Waals surface area contributed by atoms with Crippen LogP contribution in [-0.2, 0) is 6.42 Å². The summed E-state index contributed by atoms with van der Waals surface area (Å²) < 4.78 is 12.7.